The zero-order valence-corrected chi connectivity index (χ0v) is 9.56. The maximum Gasteiger partial charge on any atom is 0.144 e. The molecule has 0 radical (unpaired) electrons. The molecule has 1 aliphatic rings. The number of anilines is 1. The van der Waals surface area contributed by atoms with Gasteiger partial charge in [-0.15, -0.1) is 0 Å². The second-order valence-electron chi connectivity index (χ2n) is 4.10. The number of nitrogens with zero attached hydrogens (tertiary/aromatic N) is 3. The van der Waals surface area contributed by atoms with E-state index in [-0.39, 0.29) is 6.10 Å². The molecule has 2 rings (SSSR count). The molecule has 0 amide bonds. The standard InChI is InChI=1S/C11H18N4O/c1-2-12-11-6-13-9(5-14-11)7-15-4-3-10(16)8-15/h5-6,10,16H,2-4,7-8H2,1H3,(H,12,14). The van der Waals surface area contributed by atoms with Crippen molar-refractivity contribution in [3.8, 4) is 0 Å². The van der Waals surface area contributed by atoms with Gasteiger partial charge in [0.05, 0.1) is 24.2 Å². The molecule has 16 heavy (non-hydrogen) atoms. The highest BCUT2D eigenvalue weighted by molar-refractivity contribution is 5.30. The molecule has 1 saturated heterocycles. The summed E-state index contributed by atoms with van der Waals surface area (Å²) in [6.45, 7) is 5.35. The maximum absolute atomic E-state index is 9.40. The third-order valence-electron chi connectivity index (χ3n) is 2.70. The van der Waals surface area contributed by atoms with Crippen molar-refractivity contribution in [3.05, 3.63) is 18.1 Å². The number of β-amino-alcohol motifs (C(OH)–C–C–N with tert-alkyl or cyclic N) is 1. The Kier molecular flexibility index (Phi) is 3.69. The van der Waals surface area contributed by atoms with Gasteiger partial charge in [0, 0.05) is 26.2 Å². The quantitative estimate of drug-likeness (QED) is 0.775. The third kappa shape index (κ3) is 2.90. The van der Waals surface area contributed by atoms with Crippen LogP contribution in [0.5, 0.6) is 0 Å². The van der Waals surface area contributed by atoms with Gasteiger partial charge in [0.15, 0.2) is 0 Å². The van der Waals surface area contributed by atoms with E-state index < -0.39 is 0 Å². The first-order valence-electron chi connectivity index (χ1n) is 5.73. The van der Waals surface area contributed by atoms with Gasteiger partial charge < -0.3 is 10.4 Å². The molecule has 5 nitrogen and oxygen atoms in total. The molecule has 1 atom stereocenters. The Balaban J connectivity index is 1.89. The van der Waals surface area contributed by atoms with Crippen LogP contribution < -0.4 is 5.32 Å². The van der Waals surface area contributed by atoms with E-state index >= 15 is 0 Å². The summed E-state index contributed by atoms with van der Waals surface area (Å²) in [6, 6.07) is 0. The molecule has 1 unspecified atom stereocenters. The minimum atomic E-state index is -0.172. The molecule has 2 N–H and O–H groups in total. The second kappa shape index (κ2) is 5.23. The van der Waals surface area contributed by atoms with E-state index in [4.69, 9.17) is 0 Å². The molecule has 0 spiro atoms. The van der Waals surface area contributed by atoms with Crippen LogP contribution in [0.15, 0.2) is 12.4 Å². The summed E-state index contributed by atoms with van der Waals surface area (Å²) in [5.41, 5.74) is 0.954. The van der Waals surface area contributed by atoms with E-state index in [1.54, 1.807) is 12.4 Å². The second-order valence-corrected chi connectivity index (χ2v) is 4.10. The van der Waals surface area contributed by atoms with Crippen molar-refractivity contribution in [2.45, 2.75) is 26.0 Å². The number of likely N-dealkylation sites (tertiary alicyclic amines) is 1. The number of aliphatic hydroxyl groups excluding tert-OH is 1. The maximum atomic E-state index is 9.40. The molecule has 0 saturated carbocycles. The lowest BCUT2D eigenvalue weighted by Crippen LogP contribution is -2.22. The summed E-state index contributed by atoms with van der Waals surface area (Å²) in [5, 5.41) is 12.5. The van der Waals surface area contributed by atoms with Gasteiger partial charge in [-0.2, -0.15) is 0 Å². The summed E-state index contributed by atoms with van der Waals surface area (Å²) >= 11 is 0. The van der Waals surface area contributed by atoms with Crippen LogP contribution in [0.1, 0.15) is 19.0 Å². The summed E-state index contributed by atoms with van der Waals surface area (Å²) in [7, 11) is 0. The molecule has 0 aliphatic carbocycles. The predicted octanol–water partition coefficient (Wildman–Crippen LogP) is 0.475. The van der Waals surface area contributed by atoms with Crippen LogP contribution in [0.2, 0.25) is 0 Å². The normalized spacial score (nSPS) is 21.2. The Labute approximate surface area is 95.5 Å². The van der Waals surface area contributed by atoms with Crippen molar-refractivity contribution in [2.24, 2.45) is 0 Å². The molecule has 0 bridgehead atoms. The third-order valence-corrected chi connectivity index (χ3v) is 2.70. The Morgan fingerprint density at radius 1 is 1.50 bits per heavy atom. The van der Waals surface area contributed by atoms with E-state index in [0.717, 1.165) is 44.1 Å². The van der Waals surface area contributed by atoms with E-state index in [2.05, 4.69) is 20.2 Å². The van der Waals surface area contributed by atoms with Crippen LogP contribution >= 0.6 is 0 Å². The van der Waals surface area contributed by atoms with E-state index in [0.29, 0.717) is 0 Å². The molecule has 0 aromatic carbocycles. The zero-order valence-electron chi connectivity index (χ0n) is 9.56. The predicted molar refractivity (Wildman–Crippen MR) is 62.1 cm³/mol. The zero-order chi connectivity index (χ0) is 11.4. The number of aliphatic hydroxyl groups is 1. The lowest BCUT2D eigenvalue weighted by Gasteiger charge is -2.13. The summed E-state index contributed by atoms with van der Waals surface area (Å²) < 4.78 is 0. The molecular weight excluding hydrogens is 204 g/mol. The summed E-state index contributed by atoms with van der Waals surface area (Å²) in [4.78, 5) is 10.8. The topological polar surface area (TPSA) is 61.3 Å². The lowest BCUT2D eigenvalue weighted by molar-refractivity contribution is 0.174. The number of hydrogen-bond acceptors (Lipinski definition) is 5. The summed E-state index contributed by atoms with van der Waals surface area (Å²) in [6.07, 6.45) is 4.24. The van der Waals surface area contributed by atoms with Gasteiger partial charge >= 0.3 is 0 Å². The fourth-order valence-electron chi connectivity index (χ4n) is 1.89. The van der Waals surface area contributed by atoms with E-state index in [1.165, 1.54) is 0 Å². The van der Waals surface area contributed by atoms with E-state index in [9.17, 15) is 5.11 Å². The van der Waals surface area contributed by atoms with Crippen LogP contribution in [0.25, 0.3) is 0 Å². The van der Waals surface area contributed by atoms with Crippen LogP contribution in [0, 0.1) is 0 Å². The summed E-state index contributed by atoms with van der Waals surface area (Å²) in [5.74, 6) is 0.813. The first-order chi connectivity index (χ1) is 7.78. The average Bonchev–Trinajstić information content (AvgIpc) is 2.67. The molecule has 5 heteroatoms. The SMILES string of the molecule is CCNc1cnc(CN2CCC(O)C2)cn1. The van der Waals surface area contributed by atoms with Gasteiger partial charge in [0.2, 0.25) is 0 Å². The average molecular weight is 222 g/mol. The van der Waals surface area contributed by atoms with Crippen LogP contribution in [-0.4, -0.2) is 45.7 Å². The Morgan fingerprint density at radius 3 is 2.94 bits per heavy atom. The smallest absolute Gasteiger partial charge is 0.144 e. The van der Waals surface area contributed by atoms with Gasteiger partial charge in [-0.3, -0.25) is 9.88 Å². The van der Waals surface area contributed by atoms with Gasteiger partial charge in [0.25, 0.3) is 0 Å². The molecule has 1 aromatic rings. The lowest BCUT2D eigenvalue weighted by atomic mass is 10.3. The fourth-order valence-corrected chi connectivity index (χ4v) is 1.89. The highest BCUT2D eigenvalue weighted by Crippen LogP contribution is 2.12. The number of nitrogens with one attached hydrogen (secondary N) is 1. The van der Waals surface area contributed by atoms with Crippen LogP contribution in [-0.2, 0) is 6.54 Å². The molecule has 1 aliphatic heterocycles. The Bertz CT molecular complexity index is 327. The first kappa shape index (κ1) is 11.3. The number of rotatable bonds is 4. The minimum Gasteiger partial charge on any atom is -0.392 e. The molecule has 2 heterocycles. The highest BCUT2D eigenvalue weighted by Gasteiger charge is 2.20. The van der Waals surface area contributed by atoms with Crippen molar-refractivity contribution in [1.29, 1.82) is 0 Å². The molecule has 1 aromatic heterocycles. The van der Waals surface area contributed by atoms with Gasteiger partial charge in [0.1, 0.15) is 5.82 Å². The van der Waals surface area contributed by atoms with E-state index in [1.807, 2.05) is 6.92 Å². The van der Waals surface area contributed by atoms with Gasteiger partial charge in [-0.25, -0.2) is 4.98 Å². The molecule has 88 valence electrons. The largest absolute Gasteiger partial charge is 0.392 e. The minimum absolute atomic E-state index is 0.172. The Morgan fingerprint density at radius 2 is 2.38 bits per heavy atom. The van der Waals surface area contributed by atoms with Crippen LogP contribution in [0.3, 0.4) is 0 Å². The first-order valence-corrected chi connectivity index (χ1v) is 5.73. The van der Waals surface area contributed by atoms with Crippen LogP contribution in [0.4, 0.5) is 5.82 Å². The van der Waals surface area contributed by atoms with Gasteiger partial charge in [-0.05, 0) is 13.3 Å². The van der Waals surface area contributed by atoms with Crippen molar-refractivity contribution >= 4 is 5.82 Å². The van der Waals surface area contributed by atoms with Crippen molar-refractivity contribution in [3.63, 3.8) is 0 Å². The monoisotopic (exact) mass is 222 g/mol. The Hall–Kier alpha value is -1.20. The van der Waals surface area contributed by atoms with Crippen molar-refractivity contribution in [1.82, 2.24) is 14.9 Å². The number of aromatic nitrogens is 2. The fraction of sp³-hybridized carbons (Fsp3) is 0.636. The molecule has 1 fully saturated rings. The highest BCUT2D eigenvalue weighted by atomic mass is 16.3. The van der Waals surface area contributed by atoms with Crippen molar-refractivity contribution in [2.75, 3.05) is 25.0 Å². The van der Waals surface area contributed by atoms with Gasteiger partial charge in [-0.1, -0.05) is 0 Å². The number of hydrogen-bond donors (Lipinski definition) is 2. The molecular formula is C11H18N4O. The van der Waals surface area contributed by atoms with Crippen molar-refractivity contribution < 1.29 is 5.11 Å².